The quantitative estimate of drug-likeness (QED) is 0.347. The zero-order valence-corrected chi connectivity index (χ0v) is 17.5. The Kier molecular flexibility index (Phi) is 7.37. The molecule has 0 aliphatic rings. The second-order valence-electron chi connectivity index (χ2n) is 6.52. The molecule has 0 bridgehead atoms. The van der Waals surface area contributed by atoms with Crippen LogP contribution in [0.4, 0.5) is 0 Å². The normalized spacial score (nSPS) is 10.4. The highest BCUT2D eigenvalue weighted by Crippen LogP contribution is 2.28. The number of carbonyl (C=O) groups excluding carboxylic acids is 3. The fraction of sp³-hybridized carbons (Fsp3) is 0.0800. The summed E-state index contributed by atoms with van der Waals surface area (Å²) in [5.74, 6) is -0.801. The molecule has 0 unspecified atom stereocenters. The van der Waals surface area contributed by atoms with E-state index >= 15 is 0 Å². The van der Waals surface area contributed by atoms with E-state index in [1.807, 2.05) is 0 Å². The number of nitrogens with one attached hydrogen (secondary N) is 1. The number of hydrogen-bond donors (Lipinski definition) is 1. The number of esters is 1. The van der Waals surface area contributed by atoms with Gasteiger partial charge < -0.3 is 14.2 Å². The van der Waals surface area contributed by atoms with Crippen molar-refractivity contribution in [3.63, 3.8) is 0 Å². The van der Waals surface area contributed by atoms with Crippen molar-refractivity contribution < 1.29 is 28.6 Å². The van der Waals surface area contributed by atoms with Crippen molar-refractivity contribution in [3.05, 3.63) is 95.6 Å². The smallest absolute Gasteiger partial charge is 0.343 e. The Morgan fingerprint density at radius 3 is 2.19 bits per heavy atom. The summed E-state index contributed by atoms with van der Waals surface area (Å²) in [5, 5.41) is 2.26. The number of ether oxygens (including phenoxy) is 3. The van der Waals surface area contributed by atoms with Crippen molar-refractivity contribution in [1.29, 1.82) is 0 Å². The Bertz CT molecular complexity index is 1150. The third kappa shape index (κ3) is 5.60. The molecule has 1 N–H and O–H groups in total. The van der Waals surface area contributed by atoms with Crippen LogP contribution in [0.2, 0.25) is 0 Å². The first-order chi connectivity index (χ1) is 15.5. The van der Waals surface area contributed by atoms with Crippen molar-refractivity contribution in [2.24, 2.45) is 0 Å². The summed E-state index contributed by atoms with van der Waals surface area (Å²) >= 11 is 0. The molecule has 0 aliphatic heterocycles. The highest BCUT2D eigenvalue weighted by molar-refractivity contribution is 6.10. The highest BCUT2D eigenvalue weighted by Gasteiger charge is 2.17. The molecule has 0 saturated carbocycles. The number of imide groups is 1. The molecule has 0 saturated heterocycles. The predicted molar refractivity (Wildman–Crippen MR) is 119 cm³/mol. The molecule has 32 heavy (non-hydrogen) atoms. The number of para-hydroxylation sites is 1. The van der Waals surface area contributed by atoms with Crippen molar-refractivity contribution in [3.8, 4) is 17.2 Å². The fourth-order valence-electron chi connectivity index (χ4n) is 2.83. The lowest BCUT2D eigenvalue weighted by atomic mass is 10.1. The topological polar surface area (TPSA) is 90.9 Å². The average molecular weight is 431 g/mol. The van der Waals surface area contributed by atoms with E-state index < -0.39 is 17.8 Å². The number of rotatable bonds is 7. The number of hydrogen-bond acceptors (Lipinski definition) is 6. The van der Waals surface area contributed by atoms with E-state index in [4.69, 9.17) is 14.2 Å². The van der Waals surface area contributed by atoms with E-state index in [9.17, 15) is 14.4 Å². The van der Waals surface area contributed by atoms with Gasteiger partial charge in [-0.2, -0.15) is 0 Å². The van der Waals surface area contributed by atoms with Gasteiger partial charge in [0.15, 0.2) is 11.5 Å². The molecule has 0 fully saturated rings. The predicted octanol–water partition coefficient (Wildman–Crippen LogP) is 3.89. The lowest BCUT2D eigenvalue weighted by Crippen LogP contribution is -2.29. The number of methoxy groups -OCH3 is 2. The molecule has 0 spiro atoms. The zero-order chi connectivity index (χ0) is 22.9. The average Bonchev–Trinajstić information content (AvgIpc) is 2.83. The minimum Gasteiger partial charge on any atom is -0.493 e. The van der Waals surface area contributed by atoms with Crippen molar-refractivity contribution in [2.45, 2.75) is 0 Å². The first kappa shape index (κ1) is 22.3. The maximum absolute atomic E-state index is 12.6. The summed E-state index contributed by atoms with van der Waals surface area (Å²) in [4.78, 5) is 37.2. The summed E-state index contributed by atoms with van der Waals surface area (Å²) in [6, 6.07) is 19.7. The molecule has 7 heteroatoms. The highest BCUT2D eigenvalue weighted by atomic mass is 16.5. The van der Waals surface area contributed by atoms with Crippen LogP contribution in [0.1, 0.15) is 26.3 Å². The third-order valence-corrected chi connectivity index (χ3v) is 4.42. The summed E-state index contributed by atoms with van der Waals surface area (Å²) in [5.41, 5.74) is 1.09. The van der Waals surface area contributed by atoms with E-state index in [1.54, 1.807) is 60.7 Å². The number of benzene rings is 3. The molecule has 3 aromatic rings. The molecule has 0 radical (unpaired) electrons. The zero-order valence-electron chi connectivity index (χ0n) is 17.5. The van der Waals surface area contributed by atoms with Gasteiger partial charge >= 0.3 is 5.97 Å². The summed E-state index contributed by atoms with van der Waals surface area (Å²) < 4.78 is 15.8. The third-order valence-electron chi connectivity index (χ3n) is 4.42. The molecule has 0 aliphatic carbocycles. The van der Waals surface area contributed by atoms with Gasteiger partial charge in [-0.1, -0.05) is 36.4 Å². The largest absolute Gasteiger partial charge is 0.493 e. The molecule has 3 rings (SSSR count). The van der Waals surface area contributed by atoms with Crippen LogP contribution in [-0.2, 0) is 4.79 Å². The fourth-order valence-corrected chi connectivity index (χ4v) is 2.83. The molecule has 0 heterocycles. The lowest BCUT2D eigenvalue weighted by Gasteiger charge is -2.09. The van der Waals surface area contributed by atoms with Crippen molar-refractivity contribution >= 4 is 23.9 Å². The Hall–Kier alpha value is -4.39. The van der Waals surface area contributed by atoms with Gasteiger partial charge in [-0.25, -0.2) is 4.79 Å². The van der Waals surface area contributed by atoms with E-state index in [0.717, 1.165) is 0 Å². The Balaban J connectivity index is 1.69. The van der Waals surface area contributed by atoms with Gasteiger partial charge in [0.2, 0.25) is 0 Å². The first-order valence-electron chi connectivity index (χ1n) is 9.63. The van der Waals surface area contributed by atoms with Crippen LogP contribution in [0.5, 0.6) is 17.2 Å². The van der Waals surface area contributed by atoms with Crippen LogP contribution in [0.25, 0.3) is 6.08 Å². The number of carbonyl (C=O) groups is 3. The maximum Gasteiger partial charge on any atom is 0.343 e. The Labute approximate surface area is 185 Å². The van der Waals surface area contributed by atoms with Gasteiger partial charge in [-0.15, -0.1) is 0 Å². The SMILES string of the molecule is COc1ccc(/C=C/C(=O)NC(=O)c2ccccc2OC(=O)c2ccccc2)cc1OC. The van der Waals surface area contributed by atoms with E-state index in [-0.39, 0.29) is 11.3 Å². The molecule has 2 amide bonds. The maximum atomic E-state index is 12.6. The van der Waals surface area contributed by atoms with Crippen LogP contribution in [0.3, 0.4) is 0 Å². The molecule has 162 valence electrons. The lowest BCUT2D eigenvalue weighted by molar-refractivity contribution is -0.115. The molecule has 0 atom stereocenters. The molecule has 3 aromatic carbocycles. The van der Waals surface area contributed by atoms with Crippen LogP contribution in [-0.4, -0.2) is 32.0 Å². The van der Waals surface area contributed by atoms with Crippen LogP contribution >= 0.6 is 0 Å². The minimum absolute atomic E-state index is 0.0514. The van der Waals surface area contributed by atoms with Gasteiger partial charge in [0.05, 0.1) is 25.3 Å². The van der Waals surface area contributed by atoms with E-state index in [1.165, 1.54) is 38.5 Å². The van der Waals surface area contributed by atoms with Gasteiger partial charge in [-0.3, -0.25) is 14.9 Å². The summed E-state index contributed by atoms with van der Waals surface area (Å²) in [6.45, 7) is 0. The minimum atomic E-state index is -0.691. The van der Waals surface area contributed by atoms with Crippen LogP contribution < -0.4 is 19.5 Å². The van der Waals surface area contributed by atoms with Crippen molar-refractivity contribution in [2.75, 3.05) is 14.2 Å². The second-order valence-corrected chi connectivity index (χ2v) is 6.52. The van der Waals surface area contributed by atoms with Gasteiger partial charge in [0, 0.05) is 6.08 Å². The summed E-state index contributed by atoms with van der Waals surface area (Å²) in [7, 11) is 3.04. The second kappa shape index (κ2) is 10.6. The number of amides is 2. The van der Waals surface area contributed by atoms with Gasteiger partial charge in [0.25, 0.3) is 11.8 Å². The van der Waals surface area contributed by atoms with Crippen LogP contribution in [0, 0.1) is 0 Å². The molecular weight excluding hydrogens is 410 g/mol. The van der Waals surface area contributed by atoms with E-state index in [0.29, 0.717) is 22.6 Å². The molecular formula is C25H21NO6. The Morgan fingerprint density at radius 1 is 0.781 bits per heavy atom. The molecule has 7 nitrogen and oxygen atoms in total. The monoisotopic (exact) mass is 431 g/mol. The van der Waals surface area contributed by atoms with Gasteiger partial charge in [-0.05, 0) is 48.0 Å². The van der Waals surface area contributed by atoms with E-state index in [2.05, 4.69) is 5.32 Å². The van der Waals surface area contributed by atoms with Gasteiger partial charge in [0.1, 0.15) is 5.75 Å². The first-order valence-corrected chi connectivity index (χ1v) is 9.63. The summed E-state index contributed by atoms with van der Waals surface area (Å²) in [6.07, 6.45) is 2.75. The van der Waals surface area contributed by atoms with Crippen molar-refractivity contribution in [1.82, 2.24) is 5.32 Å². The molecule has 0 aromatic heterocycles. The standard InChI is InChI=1S/C25H21NO6/c1-30-21-14-12-17(16-22(21)31-2)13-15-23(27)26-24(28)19-10-6-7-11-20(19)32-25(29)18-8-4-3-5-9-18/h3-16H,1-2H3,(H,26,27,28)/b15-13+. The Morgan fingerprint density at radius 2 is 1.47 bits per heavy atom. The van der Waals surface area contributed by atoms with Crippen LogP contribution in [0.15, 0.2) is 78.9 Å².